The van der Waals surface area contributed by atoms with E-state index in [2.05, 4.69) is 0 Å². The first-order valence-corrected chi connectivity index (χ1v) is 6.46. The zero-order valence-electron chi connectivity index (χ0n) is 9.88. The lowest BCUT2D eigenvalue weighted by Crippen LogP contribution is -1.90. The number of non-ortho nitro benzene ring substituents is 1. The van der Waals surface area contributed by atoms with Crippen LogP contribution in [-0.2, 0) is 5.75 Å². The van der Waals surface area contributed by atoms with Gasteiger partial charge in [-0.15, -0.1) is 11.8 Å². The molecule has 2 aromatic carbocycles. The number of nitro benzene ring substituents is 1. The van der Waals surface area contributed by atoms with Crippen LogP contribution in [0.15, 0.2) is 47.4 Å². The van der Waals surface area contributed by atoms with Gasteiger partial charge in [-0.2, -0.15) is 0 Å². The highest BCUT2D eigenvalue weighted by Crippen LogP contribution is 2.27. The molecule has 98 valence electrons. The van der Waals surface area contributed by atoms with Gasteiger partial charge in [0.05, 0.1) is 4.92 Å². The van der Waals surface area contributed by atoms with Crippen molar-refractivity contribution in [3.8, 4) is 0 Å². The van der Waals surface area contributed by atoms with Crippen molar-refractivity contribution in [2.24, 2.45) is 0 Å². The largest absolute Gasteiger partial charge is 0.399 e. The summed E-state index contributed by atoms with van der Waals surface area (Å²) in [5, 5.41) is 10.5. The third-order valence-corrected chi connectivity index (χ3v) is 3.62. The molecule has 2 N–H and O–H groups in total. The molecular weight excluding hydrogens is 267 g/mol. The summed E-state index contributed by atoms with van der Waals surface area (Å²) >= 11 is 1.32. The minimum absolute atomic E-state index is 0.0485. The normalized spacial score (nSPS) is 10.4. The van der Waals surface area contributed by atoms with Crippen LogP contribution in [0.1, 0.15) is 5.56 Å². The number of rotatable bonds is 4. The van der Waals surface area contributed by atoms with Crippen LogP contribution in [0.25, 0.3) is 0 Å². The zero-order chi connectivity index (χ0) is 13.8. The van der Waals surface area contributed by atoms with Gasteiger partial charge in [-0.3, -0.25) is 10.1 Å². The van der Waals surface area contributed by atoms with E-state index in [-0.39, 0.29) is 11.5 Å². The van der Waals surface area contributed by atoms with Crippen molar-refractivity contribution in [2.45, 2.75) is 10.6 Å². The number of nitrogens with two attached hydrogens (primary N) is 1. The number of hydrogen-bond donors (Lipinski definition) is 1. The van der Waals surface area contributed by atoms with Gasteiger partial charge in [-0.1, -0.05) is 12.1 Å². The van der Waals surface area contributed by atoms with Crippen molar-refractivity contribution in [3.05, 3.63) is 64.0 Å². The third kappa shape index (κ3) is 3.45. The van der Waals surface area contributed by atoms with Crippen LogP contribution in [0.4, 0.5) is 15.8 Å². The Morgan fingerprint density at radius 3 is 2.47 bits per heavy atom. The molecule has 0 aliphatic heterocycles. The smallest absolute Gasteiger partial charge is 0.269 e. The summed E-state index contributed by atoms with van der Waals surface area (Å²) in [5.41, 5.74) is 6.80. The number of halogens is 1. The fraction of sp³-hybridized carbons (Fsp3) is 0.0769. The van der Waals surface area contributed by atoms with E-state index >= 15 is 0 Å². The second-order valence-corrected chi connectivity index (χ2v) is 4.92. The summed E-state index contributed by atoms with van der Waals surface area (Å²) in [6.07, 6.45) is 0. The molecule has 0 unspecified atom stereocenters. The lowest BCUT2D eigenvalue weighted by Gasteiger charge is -2.04. The molecule has 2 rings (SSSR count). The highest BCUT2D eigenvalue weighted by atomic mass is 32.2. The second kappa shape index (κ2) is 5.71. The molecule has 0 heterocycles. The number of nitrogen functional groups attached to an aromatic ring is 1. The lowest BCUT2D eigenvalue weighted by atomic mass is 10.2. The van der Waals surface area contributed by atoms with Gasteiger partial charge >= 0.3 is 0 Å². The Hall–Kier alpha value is -2.08. The van der Waals surface area contributed by atoms with Crippen LogP contribution in [0, 0.1) is 15.9 Å². The maximum Gasteiger partial charge on any atom is 0.269 e. The lowest BCUT2D eigenvalue weighted by molar-refractivity contribution is -0.384. The van der Waals surface area contributed by atoms with Crippen molar-refractivity contribution in [3.63, 3.8) is 0 Å². The van der Waals surface area contributed by atoms with E-state index < -0.39 is 4.92 Å². The molecule has 0 amide bonds. The van der Waals surface area contributed by atoms with Crippen molar-refractivity contribution in [2.75, 3.05) is 5.73 Å². The van der Waals surface area contributed by atoms with Crippen molar-refractivity contribution >= 4 is 23.1 Å². The fourth-order valence-electron chi connectivity index (χ4n) is 1.51. The summed E-state index contributed by atoms with van der Waals surface area (Å²) in [6.45, 7) is 0. The minimum atomic E-state index is -0.448. The van der Waals surface area contributed by atoms with Crippen LogP contribution < -0.4 is 5.73 Å². The van der Waals surface area contributed by atoms with Crippen molar-refractivity contribution in [1.29, 1.82) is 0 Å². The van der Waals surface area contributed by atoms with Gasteiger partial charge < -0.3 is 5.73 Å². The molecule has 4 nitrogen and oxygen atoms in total. The highest BCUT2D eigenvalue weighted by molar-refractivity contribution is 7.98. The third-order valence-electron chi connectivity index (χ3n) is 2.50. The van der Waals surface area contributed by atoms with E-state index in [1.165, 1.54) is 30.0 Å². The SMILES string of the molecule is Nc1ccc(SCc2ccc([N+](=O)[O-])cc2)c(F)c1. The molecule has 0 saturated carbocycles. The molecule has 0 spiro atoms. The van der Waals surface area contributed by atoms with E-state index in [1.807, 2.05) is 0 Å². The Morgan fingerprint density at radius 1 is 1.21 bits per heavy atom. The Bertz CT molecular complexity index is 602. The maximum atomic E-state index is 13.5. The van der Waals surface area contributed by atoms with Crippen LogP contribution in [0.3, 0.4) is 0 Å². The average Bonchev–Trinajstić information content (AvgIpc) is 2.38. The van der Waals surface area contributed by atoms with Gasteiger partial charge in [0.25, 0.3) is 5.69 Å². The van der Waals surface area contributed by atoms with Crippen LogP contribution in [-0.4, -0.2) is 4.92 Å². The van der Waals surface area contributed by atoms with Gasteiger partial charge in [0, 0.05) is 28.5 Å². The molecule has 0 saturated heterocycles. The zero-order valence-corrected chi connectivity index (χ0v) is 10.7. The molecule has 19 heavy (non-hydrogen) atoms. The fourth-order valence-corrected chi connectivity index (χ4v) is 2.38. The Kier molecular flexibility index (Phi) is 4.01. The molecule has 0 radical (unpaired) electrons. The van der Waals surface area contributed by atoms with Crippen molar-refractivity contribution in [1.82, 2.24) is 0 Å². The molecule has 0 aliphatic rings. The summed E-state index contributed by atoms with van der Waals surface area (Å²) in [6, 6.07) is 10.8. The van der Waals surface area contributed by atoms with E-state index in [9.17, 15) is 14.5 Å². The number of benzene rings is 2. The first-order chi connectivity index (χ1) is 9.06. The molecule has 2 aromatic rings. The second-order valence-electron chi connectivity index (χ2n) is 3.90. The van der Waals surface area contributed by atoms with Crippen LogP contribution in [0.5, 0.6) is 0 Å². The minimum Gasteiger partial charge on any atom is -0.399 e. The Labute approximate surface area is 113 Å². The Morgan fingerprint density at radius 2 is 1.89 bits per heavy atom. The Balaban J connectivity index is 2.04. The maximum absolute atomic E-state index is 13.5. The summed E-state index contributed by atoms with van der Waals surface area (Å²) in [5.74, 6) is 0.186. The van der Waals surface area contributed by atoms with E-state index in [0.717, 1.165) is 5.56 Å². The molecule has 0 atom stereocenters. The summed E-state index contributed by atoms with van der Waals surface area (Å²) in [4.78, 5) is 10.6. The average molecular weight is 278 g/mol. The van der Waals surface area contributed by atoms with Crippen LogP contribution >= 0.6 is 11.8 Å². The van der Waals surface area contributed by atoms with E-state index in [1.54, 1.807) is 24.3 Å². The first kappa shape index (κ1) is 13.4. The molecule has 0 aromatic heterocycles. The standard InChI is InChI=1S/C13H11FN2O2S/c14-12-7-10(15)3-6-13(12)19-8-9-1-4-11(5-2-9)16(17)18/h1-7H,8,15H2. The summed E-state index contributed by atoms with van der Waals surface area (Å²) in [7, 11) is 0. The van der Waals surface area contributed by atoms with Gasteiger partial charge in [-0.25, -0.2) is 4.39 Å². The van der Waals surface area contributed by atoms with Gasteiger partial charge in [-0.05, 0) is 23.8 Å². The number of anilines is 1. The quantitative estimate of drug-likeness (QED) is 0.401. The van der Waals surface area contributed by atoms with Gasteiger partial charge in [0.1, 0.15) is 5.82 Å². The first-order valence-electron chi connectivity index (χ1n) is 5.47. The molecule has 0 aliphatic carbocycles. The molecule has 6 heteroatoms. The highest BCUT2D eigenvalue weighted by Gasteiger charge is 2.06. The van der Waals surface area contributed by atoms with Crippen molar-refractivity contribution < 1.29 is 9.31 Å². The predicted octanol–water partition coefficient (Wildman–Crippen LogP) is 3.61. The van der Waals surface area contributed by atoms with Gasteiger partial charge in [0.2, 0.25) is 0 Å². The van der Waals surface area contributed by atoms with E-state index in [0.29, 0.717) is 16.3 Å². The number of nitro groups is 1. The van der Waals surface area contributed by atoms with E-state index in [4.69, 9.17) is 5.73 Å². The van der Waals surface area contributed by atoms with Crippen LogP contribution in [0.2, 0.25) is 0 Å². The topological polar surface area (TPSA) is 69.2 Å². The molecule has 0 bridgehead atoms. The molecular formula is C13H11FN2O2S. The predicted molar refractivity (Wildman–Crippen MR) is 73.5 cm³/mol. The summed E-state index contributed by atoms with van der Waals surface area (Å²) < 4.78 is 13.5. The number of hydrogen-bond acceptors (Lipinski definition) is 4. The van der Waals surface area contributed by atoms with Gasteiger partial charge in [0.15, 0.2) is 0 Å². The number of thioether (sulfide) groups is 1. The number of nitrogens with zero attached hydrogens (tertiary/aromatic N) is 1. The monoisotopic (exact) mass is 278 g/mol. The molecule has 0 fully saturated rings.